The molecule has 1 heterocycles. The Balaban J connectivity index is 1.50. The highest BCUT2D eigenvalue weighted by atomic mass is 35.5. The van der Waals surface area contributed by atoms with Gasteiger partial charge in [-0.2, -0.15) is 0 Å². The van der Waals surface area contributed by atoms with E-state index in [1.54, 1.807) is 6.92 Å². The van der Waals surface area contributed by atoms with E-state index in [4.69, 9.17) is 11.6 Å². The Labute approximate surface area is 185 Å². The van der Waals surface area contributed by atoms with Crippen molar-refractivity contribution in [2.75, 3.05) is 6.54 Å². The third kappa shape index (κ3) is 6.75. The van der Waals surface area contributed by atoms with Crippen LogP contribution in [-0.4, -0.2) is 22.4 Å². The minimum atomic E-state index is -0.268. The minimum Gasteiger partial charge on any atom is -0.356 e. The smallest absolute Gasteiger partial charge is 0.255 e. The molecule has 0 unspecified atom stereocenters. The Morgan fingerprint density at radius 2 is 1.90 bits per heavy atom. The Morgan fingerprint density at radius 3 is 2.63 bits per heavy atom. The molecule has 0 atom stereocenters. The molecule has 156 valence electrons. The molecule has 0 radical (unpaired) electrons. The summed E-state index contributed by atoms with van der Waals surface area (Å²) >= 11 is 7.43. The predicted molar refractivity (Wildman–Crippen MR) is 122 cm³/mol. The summed E-state index contributed by atoms with van der Waals surface area (Å²) in [6, 6.07) is 17.7. The van der Waals surface area contributed by atoms with Crippen LogP contribution in [0.2, 0.25) is 5.02 Å². The normalized spacial score (nSPS) is 10.7. The number of nitrogens with one attached hydrogen (secondary N) is 2. The number of nitrogens with zero attached hydrogens (tertiary/aromatic N) is 1. The number of benzene rings is 2. The third-order valence-corrected chi connectivity index (χ3v) is 5.79. The van der Waals surface area contributed by atoms with Crippen LogP contribution in [0.5, 0.6) is 0 Å². The molecule has 1 amide bonds. The first kappa shape index (κ1) is 22.1. The molecule has 7 heteroatoms. The maximum absolute atomic E-state index is 12.5. The Hall–Kier alpha value is -2.57. The molecule has 0 saturated heterocycles. The number of rotatable bonds is 9. The second-order valence-corrected chi connectivity index (χ2v) is 8.37. The van der Waals surface area contributed by atoms with Crippen molar-refractivity contribution < 1.29 is 4.79 Å². The molecule has 2 aromatic carbocycles. The van der Waals surface area contributed by atoms with Crippen LogP contribution in [0.4, 0.5) is 0 Å². The molecule has 0 fully saturated rings. The molecule has 30 heavy (non-hydrogen) atoms. The van der Waals surface area contributed by atoms with Crippen molar-refractivity contribution >= 4 is 29.3 Å². The number of carbonyl (C=O) groups excluding carboxylic acids is 1. The van der Waals surface area contributed by atoms with Crippen LogP contribution in [0.25, 0.3) is 0 Å². The molecular formula is C23H24ClN3O2S. The van der Waals surface area contributed by atoms with Crippen LogP contribution in [-0.2, 0) is 23.4 Å². The molecule has 0 aliphatic heterocycles. The van der Waals surface area contributed by atoms with Crippen LogP contribution < -0.4 is 10.9 Å². The summed E-state index contributed by atoms with van der Waals surface area (Å²) in [6.45, 7) is 2.34. The fourth-order valence-electron chi connectivity index (χ4n) is 3.03. The van der Waals surface area contributed by atoms with Crippen molar-refractivity contribution in [3.8, 4) is 0 Å². The van der Waals surface area contributed by atoms with E-state index in [1.165, 1.54) is 17.3 Å². The maximum Gasteiger partial charge on any atom is 0.255 e. The Kier molecular flexibility index (Phi) is 8.11. The summed E-state index contributed by atoms with van der Waals surface area (Å²) in [5.74, 6) is 0.474. The topological polar surface area (TPSA) is 74.8 Å². The van der Waals surface area contributed by atoms with Crippen molar-refractivity contribution in [3.63, 3.8) is 0 Å². The van der Waals surface area contributed by atoms with Crippen molar-refractivity contribution in [1.29, 1.82) is 0 Å². The zero-order chi connectivity index (χ0) is 21.3. The van der Waals surface area contributed by atoms with E-state index >= 15 is 0 Å². The van der Waals surface area contributed by atoms with Gasteiger partial charge in [-0.25, -0.2) is 4.98 Å². The zero-order valence-corrected chi connectivity index (χ0v) is 18.4. The molecule has 0 aliphatic rings. The summed E-state index contributed by atoms with van der Waals surface area (Å²) in [5.41, 5.74) is 3.01. The van der Waals surface area contributed by atoms with Gasteiger partial charge in [0.2, 0.25) is 5.91 Å². The number of aromatic nitrogens is 2. The lowest BCUT2D eigenvalue weighted by molar-refractivity contribution is -0.120. The quantitative estimate of drug-likeness (QED) is 0.294. The Morgan fingerprint density at radius 1 is 1.13 bits per heavy atom. The highest BCUT2D eigenvalue weighted by Crippen LogP contribution is 2.21. The third-order valence-electron chi connectivity index (χ3n) is 4.61. The van der Waals surface area contributed by atoms with Crippen LogP contribution in [0, 0.1) is 6.92 Å². The van der Waals surface area contributed by atoms with Gasteiger partial charge in [-0.3, -0.25) is 9.59 Å². The molecular weight excluding hydrogens is 418 g/mol. The highest BCUT2D eigenvalue weighted by molar-refractivity contribution is 7.98. The van der Waals surface area contributed by atoms with E-state index in [1.807, 2.05) is 42.5 Å². The van der Waals surface area contributed by atoms with Gasteiger partial charge in [0.15, 0.2) is 5.16 Å². The van der Waals surface area contributed by atoms with Gasteiger partial charge in [0.05, 0.1) is 6.42 Å². The summed E-state index contributed by atoms with van der Waals surface area (Å²) in [5, 5.41) is 4.09. The molecule has 3 aromatic rings. The minimum absolute atomic E-state index is 0.0265. The zero-order valence-electron chi connectivity index (χ0n) is 16.8. The van der Waals surface area contributed by atoms with Crippen LogP contribution in [0.1, 0.15) is 28.8 Å². The predicted octanol–water partition coefficient (Wildman–Crippen LogP) is 4.32. The lowest BCUT2D eigenvalue weighted by Crippen LogP contribution is -2.30. The monoisotopic (exact) mass is 441 g/mol. The molecule has 0 aliphatic carbocycles. The summed E-state index contributed by atoms with van der Waals surface area (Å²) in [4.78, 5) is 31.9. The number of hydrogen-bond acceptors (Lipinski definition) is 4. The number of halogens is 1. The lowest BCUT2D eigenvalue weighted by atomic mass is 10.1. The SMILES string of the molecule is Cc1nc(SCc2cccc(Cl)c2)[nH]c(=O)c1CC(=O)NCCCc1ccccc1. The lowest BCUT2D eigenvalue weighted by Gasteiger charge is -2.08. The van der Waals surface area contributed by atoms with Crippen molar-refractivity contribution in [3.05, 3.63) is 92.4 Å². The fourth-order valence-corrected chi connectivity index (χ4v) is 4.09. The van der Waals surface area contributed by atoms with Gasteiger partial charge in [-0.1, -0.05) is 65.8 Å². The van der Waals surface area contributed by atoms with E-state index in [9.17, 15) is 9.59 Å². The first-order valence-corrected chi connectivity index (χ1v) is 11.2. The number of amides is 1. The summed E-state index contributed by atoms with van der Waals surface area (Å²) in [7, 11) is 0. The number of thioether (sulfide) groups is 1. The second kappa shape index (κ2) is 11.0. The average molecular weight is 442 g/mol. The van der Waals surface area contributed by atoms with Gasteiger partial charge >= 0.3 is 0 Å². The number of carbonyl (C=O) groups is 1. The first-order chi connectivity index (χ1) is 14.5. The van der Waals surface area contributed by atoms with Crippen molar-refractivity contribution in [2.45, 2.75) is 37.1 Å². The maximum atomic E-state index is 12.5. The molecule has 0 bridgehead atoms. The highest BCUT2D eigenvalue weighted by Gasteiger charge is 2.13. The van der Waals surface area contributed by atoms with Gasteiger partial charge in [0.25, 0.3) is 5.56 Å². The largest absolute Gasteiger partial charge is 0.356 e. The number of aromatic amines is 1. The molecule has 0 spiro atoms. The van der Waals surface area contributed by atoms with Gasteiger partial charge < -0.3 is 10.3 Å². The van der Waals surface area contributed by atoms with E-state index in [2.05, 4.69) is 27.4 Å². The number of aryl methyl sites for hydroxylation is 2. The van der Waals surface area contributed by atoms with Crippen molar-refractivity contribution in [1.82, 2.24) is 15.3 Å². The molecule has 2 N–H and O–H groups in total. The summed E-state index contributed by atoms with van der Waals surface area (Å²) in [6.07, 6.45) is 1.78. The van der Waals surface area contributed by atoms with E-state index < -0.39 is 0 Å². The number of H-pyrrole nitrogens is 1. The second-order valence-electron chi connectivity index (χ2n) is 6.97. The molecule has 1 aromatic heterocycles. The van der Waals surface area contributed by atoms with Gasteiger partial charge in [0.1, 0.15) is 0 Å². The molecule has 5 nitrogen and oxygen atoms in total. The number of hydrogen-bond donors (Lipinski definition) is 2. The van der Waals surface area contributed by atoms with E-state index in [0.717, 1.165) is 18.4 Å². The van der Waals surface area contributed by atoms with Crippen LogP contribution in [0.15, 0.2) is 64.5 Å². The van der Waals surface area contributed by atoms with Crippen molar-refractivity contribution in [2.24, 2.45) is 0 Å². The summed E-state index contributed by atoms with van der Waals surface area (Å²) < 4.78 is 0. The van der Waals surface area contributed by atoms with E-state index in [0.29, 0.717) is 33.7 Å². The van der Waals surface area contributed by atoms with Gasteiger partial charge in [0, 0.05) is 28.6 Å². The molecule has 0 saturated carbocycles. The average Bonchev–Trinajstić information content (AvgIpc) is 2.73. The van der Waals surface area contributed by atoms with Crippen LogP contribution in [0.3, 0.4) is 0 Å². The Bertz CT molecular complexity index is 1050. The first-order valence-electron chi connectivity index (χ1n) is 9.79. The fraction of sp³-hybridized carbons (Fsp3) is 0.261. The van der Waals surface area contributed by atoms with Gasteiger partial charge in [-0.15, -0.1) is 0 Å². The van der Waals surface area contributed by atoms with Gasteiger partial charge in [-0.05, 0) is 43.0 Å². The molecule has 3 rings (SSSR count). The van der Waals surface area contributed by atoms with E-state index in [-0.39, 0.29) is 17.9 Å². The van der Waals surface area contributed by atoms with Crippen LogP contribution >= 0.6 is 23.4 Å². The standard InChI is InChI=1S/C23H24ClN3O2S/c1-16-20(14-21(28)25-12-6-10-17-7-3-2-4-8-17)22(29)27-23(26-16)30-15-18-9-5-11-19(24)13-18/h2-5,7-9,11,13H,6,10,12,14-15H2,1H3,(H,25,28)(H,26,27,29).